The minimum absolute atomic E-state index is 0.109. The molecule has 1 rings (SSSR count). The van der Waals surface area contributed by atoms with Crippen molar-refractivity contribution in [3.63, 3.8) is 0 Å². The molecule has 17 heavy (non-hydrogen) atoms. The minimum atomic E-state index is -0.477. The van der Waals surface area contributed by atoms with Crippen LogP contribution in [0.15, 0.2) is 4.79 Å². The Morgan fingerprint density at radius 1 is 1.47 bits per heavy atom. The number of carbonyl (C=O) groups excluding carboxylic acids is 1. The second-order valence-electron chi connectivity index (χ2n) is 4.92. The van der Waals surface area contributed by atoms with Crippen LogP contribution in [0, 0.1) is 5.41 Å². The number of hydrogen-bond donors (Lipinski definition) is 2. The Morgan fingerprint density at radius 2 is 2.06 bits per heavy atom. The molecule has 2 N–H and O–H groups in total. The maximum atomic E-state index is 11.7. The van der Waals surface area contributed by atoms with E-state index in [9.17, 15) is 9.59 Å². The quantitative estimate of drug-likeness (QED) is 0.803. The van der Waals surface area contributed by atoms with E-state index in [-0.39, 0.29) is 18.0 Å². The molecule has 1 aromatic rings. The van der Waals surface area contributed by atoms with Crippen molar-refractivity contribution >= 4 is 5.91 Å². The van der Waals surface area contributed by atoms with Crippen LogP contribution in [0.2, 0.25) is 0 Å². The molecule has 1 heterocycles. The van der Waals surface area contributed by atoms with Crippen LogP contribution in [-0.4, -0.2) is 22.8 Å². The molecular formula is C11H19N3O3. The topological polar surface area (TPSA) is 76.1 Å². The molecule has 0 unspecified atom stereocenters. The van der Waals surface area contributed by atoms with Crippen molar-refractivity contribution in [3.05, 3.63) is 15.9 Å². The number of aromatic nitrogens is 2. The summed E-state index contributed by atoms with van der Waals surface area (Å²) in [7, 11) is 3.16. The van der Waals surface area contributed by atoms with Gasteiger partial charge in [-0.1, -0.05) is 20.8 Å². The first-order valence-corrected chi connectivity index (χ1v) is 5.37. The lowest BCUT2D eigenvalue weighted by molar-refractivity contribution is -0.128. The number of nitrogens with one attached hydrogen (secondary N) is 2. The number of hydrogen-bond acceptors (Lipinski definition) is 3. The number of methoxy groups -OCH3 is 1. The van der Waals surface area contributed by atoms with Gasteiger partial charge in [0.05, 0.1) is 19.2 Å². The van der Waals surface area contributed by atoms with Gasteiger partial charge in [0.15, 0.2) is 0 Å². The Morgan fingerprint density at radius 3 is 2.53 bits per heavy atom. The van der Waals surface area contributed by atoms with Crippen LogP contribution in [0.1, 0.15) is 26.3 Å². The Hall–Kier alpha value is -1.72. The lowest BCUT2D eigenvalue weighted by atomic mass is 9.96. The summed E-state index contributed by atoms with van der Waals surface area (Å²) in [6, 6.07) is 0. The predicted octanol–water partition coefficient (Wildman–Crippen LogP) is 0.384. The van der Waals surface area contributed by atoms with Crippen LogP contribution in [0.3, 0.4) is 0 Å². The van der Waals surface area contributed by atoms with E-state index in [1.54, 1.807) is 7.05 Å². The molecule has 0 aliphatic heterocycles. The average Bonchev–Trinajstić information content (AvgIpc) is 2.47. The van der Waals surface area contributed by atoms with Crippen molar-refractivity contribution in [2.45, 2.75) is 27.3 Å². The third-order valence-electron chi connectivity index (χ3n) is 2.41. The van der Waals surface area contributed by atoms with E-state index in [1.807, 2.05) is 20.8 Å². The van der Waals surface area contributed by atoms with Crippen molar-refractivity contribution < 1.29 is 9.53 Å². The lowest BCUT2D eigenvalue weighted by Gasteiger charge is -2.17. The number of rotatable bonds is 3. The van der Waals surface area contributed by atoms with E-state index < -0.39 is 5.41 Å². The second kappa shape index (κ2) is 4.65. The molecule has 0 atom stereocenters. The average molecular weight is 241 g/mol. The Labute approximate surface area is 99.9 Å². The van der Waals surface area contributed by atoms with Gasteiger partial charge in [-0.25, -0.2) is 0 Å². The second-order valence-corrected chi connectivity index (χ2v) is 4.92. The zero-order chi connectivity index (χ0) is 13.2. The molecule has 6 heteroatoms. The van der Waals surface area contributed by atoms with Gasteiger partial charge in [-0.05, 0) is 0 Å². The van der Waals surface area contributed by atoms with Gasteiger partial charge in [0.2, 0.25) is 11.8 Å². The van der Waals surface area contributed by atoms with E-state index in [4.69, 9.17) is 4.74 Å². The number of nitrogens with zero attached hydrogens (tertiary/aromatic N) is 1. The zero-order valence-corrected chi connectivity index (χ0v) is 10.9. The van der Waals surface area contributed by atoms with Crippen molar-refractivity contribution in [1.82, 2.24) is 15.1 Å². The SMILES string of the molecule is COc1c(CNC(=O)C(C)(C)C)c(=O)[nH]n1C. The number of carbonyl (C=O) groups is 1. The van der Waals surface area contributed by atoms with E-state index in [1.165, 1.54) is 11.8 Å². The van der Waals surface area contributed by atoms with Gasteiger partial charge in [0, 0.05) is 12.5 Å². The molecular weight excluding hydrogens is 222 g/mol. The van der Waals surface area contributed by atoms with Crippen molar-refractivity contribution in [1.29, 1.82) is 0 Å². The van der Waals surface area contributed by atoms with E-state index in [0.29, 0.717) is 11.4 Å². The smallest absolute Gasteiger partial charge is 0.273 e. The maximum Gasteiger partial charge on any atom is 0.273 e. The van der Waals surface area contributed by atoms with Gasteiger partial charge in [0.25, 0.3) is 5.56 Å². The molecule has 96 valence electrons. The van der Waals surface area contributed by atoms with Crippen molar-refractivity contribution in [2.75, 3.05) is 7.11 Å². The first-order chi connectivity index (χ1) is 7.77. The summed E-state index contributed by atoms with van der Waals surface area (Å²) >= 11 is 0. The highest BCUT2D eigenvalue weighted by Crippen LogP contribution is 2.15. The molecule has 1 amide bonds. The molecule has 0 saturated heterocycles. The fourth-order valence-electron chi connectivity index (χ4n) is 1.42. The Bertz CT molecular complexity index is 465. The molecule has 6 nitrogen and oxygen atoms in total. The van der Waals surface area contributed by atoms with Gasteiger partial charge in [-0.15, -0.1) is 0 Å². The fourth-order valence-corrected chi connectivity index (χ4v) is 1.42. The predicted molar refractivity (Wildman–Crippen MR) is 63.9 cm³/mol. The van der Waals surface area contributed by atoms with Crippen molar-refractivity contribution in [3.8, 4) is 5.88 Å². The maximum absolute atomic E-state index is 11.7. The molecule has 0 radical (unpaired) electrons. The van der Waals surface area contributed by atoms with Crippen LogP contribution in [0.4, 0.5) is 0 Å². The molecule has 0 saturated carbocycles. The van der Waals surface area contributed by atoms with Crippen LogP contribution in [0.5, 0.6) is 5.88 Å². The largest absolute Gasteiger partial charge is 0.481 e. The third kappa shape index (κ3) is 2.89. The van der Waals surface area contributed by atoms with E-state index >= 15 is 0 Å². The highest BCUT2D eigenvalue weighted by atomic mass is 16.5. The number of amides is 1. The third-order valence-corrected chi connectivity index (χ3v) is 2.41. The number of H-pyrrole nitrogens is 1. The highest BCUT2D eigenvalue weighted by Gasteiger charge is 2.22. The molecule has 0 spiro atoms. The van der Waals surface area contributed by atoms with Crippen LogP contribution in [-0.2, 0) is 18.4 Å². The molecule has 1 aromatic heterocycles. The first-order valence-electron chi connectivity index (χ1n) is 5.37. The summed E-state index contributed by atoms with van der Waals surface area (Å²) in [5.74, 6) is 0.326. The van der Waals surface area contributed by atoms with Gasteiger partial charge in [-0.3, -0.25) is 19.4 Å². The van der Waals surface area contributed by atoms with Crippen LogP contribution in [0.25, 0.3) is 0 Å². The summed E-state index contributed by atoms with van der Waals surface area (Å²) in [5, 5.41) is 5.29. The normalized spacial score (nSPS) is 11.4. The molecule has 0 aromatic carbocycles. The van der Waals surface area contributed by atoms with Crippen molar-refractivity contribution in [2.24, 2.45) is 12.5 Å². The Balaban J connectivity index is 2.83. The summed E-state index contributed by atoms with van der Waals surface area (Å²) in [5.41, 5.74) is -0.305. The summed E-state index contributed by atoms with van der Waals surface area (Å²) < 4.78 is 6.58. The Kier molecular flexibility index (Phi) is 3.65. The molecule has 0 fully saturated rings. The number of ether oxygens (including phenoxy) is 1. The first kappa shape index (κ1) is 13.3. The zero-order valence-electron chi connectivity index (χ0n) is 10.9. The molecule has 0 aliphatic carbocycles. The number of aryl methyl sites for hydroxylation is 1. The summed E-state index contributed by atoms with van der Waals surface area (Å²) in [4.78, 5) is 23.3. The van der Waals surface area contributed by atoms with Crippen LogP contribution >= 0.6 is 0 Å². The van der Waals surface area contributed by atoms with E-state index in [0.717, 1.165) is 0 Å². The molecule has 0 aliphatic rings. The van der Waals surface area contributed by atoms with Crippen LogP contribution < -0.4 is 15.6 Å². The summed E-state index contributed by atoms with van der Waals surface area (Å²) in [6.07, 6.45) is 0. The fraction of sp³-hybridized carbons (Fsp3) is 0.636. The van der Waals surface area contributed by atoms with Gasteiger partial charge < -0.3 is 10.1 Å². The van der Waals surface area contributed by atoms with E-state index in [2.05, 4.69) is 10.4 Å². The van der Waals surface area contributed by atoms with Gasteiger partial charge in [-0.2, -0.15) is 0 Å². The standard InChI is InChI=1S/C11H19N3O3/c1-11(2,3)10(16)12-6-7-8(15)13-14(4)9(7)17-5/h6H2,1-5H3,(H,12,16)(H,13,15). The lowest BCUT2D eigenvalue weighted by Crippen LogP contribution is -2.35. The highest BCUT2D eigenvalue weighted by molar-refractivity contribution is 5.81. The summed E-state index contributed by atoms with van der Waals surface area (Å²) in [6.45, 7) is 5.60. The van der Waals surface area contributed by atoms with Gasteiger partial charge >= 0.3 is 0 Å². The monoisotopic (exact) mass is 241 g/mol. The molecule has 0 bridgehead atoms. The number of aromatic amines is 1. The van der Waals surface area contributed by atoms with Gasteiger partial charge in [0.1, 0.15) is 0 Å². The minimum Gasteiger partial charge on any atom is -0.481 e.